The van der Waals surface area contributed by atoms with Gasteiger partial charge in [0, 0.05) is 36.0 Å². The molecule has 0 bridgehead atoms. The van der Waals surface area contributed by atoms with Crippen LogP contribution in [0.25, 0.3) is 11.3 Å². The number of hydrogen-bond acceptors (Lipinski definition) is 3. The van der Waals surface area contributed by atoms with E-state index in [-0.39, 0.29) is 5.91 Å². The zero-order valence-electron chi connectivity index (χ0n) is 13.6. The smallest absolute Gasteiger partial charge is 0.269 e. The van der Waals surface area contributed by atoms with Gasteiger partial charge in [-0.2, -0.15) is 0 Å². The number of nitrogens with one attached hydrogen (secondary N) is 1. The van der Waals surface area contributed by atoms with Crippen LogP contribution in [0.2, 0.25) is 0 Å². The van der Waals surface area contributed by atoms with Gasteiger partial charge in [0.05, 0.1) is 11.9 Å². The number of carbonyl (C=O) groups excluding carboxylic acids is 1. The van der Waals surface area contributed by atoms with Gasteiger partial charge in [0.1, 0.15) is 17.0 Å². The highest BCUT2D eigenvalue weighted by Crippen LogP contribution is 2.17. The summed E-state index contributed by atoms with van der Waals surface area (Å²) in [7, 11) is 0. The molecule has 0 aliphatic carbocycles. The molecule has 4 heterocycles. The van der Waals surface area contributed by atoms with Gasteiger partial charge >= 0.3 is 0 Å². The van der Waals surface area contributed by atoms with Crippen molar-refractivity contribution in [2.24, 2.45) is 0 Å². The minimum absolute atomic E-state index is 0.138. The van der Waals surface area contributed by atoms with E-state index in [1.165, 1.54) is 0 Å². The molecule has 0 aliphatic heterocycles. The molecule has 0 saturated carbocycles. The average molecular weight is 398 g/mol. The highest BCUT2D eigenvalue weighted by molar-refractivity contribution is 9.10. The highest BCUT2D eigenvalue weighted by atomic mass is 79.9. The second-order valence-corrected chi connectivity index (χ2v) is 6.80. The van der Waals surface area contributed by atoms with Crippen LogP contribution in [0.15, 0.2) is 53.5 Å². The number of rotatable bonds is 4. The maximum Gasteiger partial charge on any atom is 0.269 e. The minimum Gasteiger partial charge on any atom is -0.350 e. The Hall–Kier alpha value is -2.67. The van der Waals surface area contributed by atoms with Crippen molar-refractivity contribution in [2.45, 2.75) is 13.3 Å². The molecule has 126 valence electrons. The van der Waals surface area contributed by atoms with E-state index in [0.717, 1.165) is 27.0 Å². The molecule has 0 spiro atoms. The van der Waals surface area contributed by atoms with Gasteiger partial charge in [-0.25, -0.2) is 9.97 Å². The van der Waals surface area contributed by atoms with Crippen molar-refractivity contribution in [1.82, 2.24) is 24.1 Å². The standard InChI is InChI=1S/C18H16BrN5O/c1-12-8-13(19)10-23-11-14(22-17(12)23)5-6-20-18(25)15-9-21-16-4-2-3-7-24(15)16/h2-4,7-11H,5-6H2,1H3,(H,20,25). The lowest BCUT2D eigenvalue weighted by Crippen LogP contribution is -2.26. The topological polar surface area (TPSA) is 63.7 Å². The number of fused-ring (bicyclic) bond motifs is 2. The van der Waals surface area contributed by atoms with Crippen LogP contribution in [0.4, 0.5) is 0 Å². The van der Waals surface area contributed by atoms with Crippen LogP contribution in [0.3, 0.4) is 0 Å². The average Bonchev–Trinajstić information content (AvgIpc) is 3.18. The largest absolute Gasteiger partial charge is 0.350 e. The SMILES string of the molecule is Cc1cc(Br)cn2cc(CCNC(=O)c3cnc4ccccn34)nc12. The Balaban J connectivity index is 1.45. The Bertz CT molecular complexity index is 1080. The molecule has 4 aromatic heterocycles. The van der Waals surface area contributed by atoms with Crippen molar-refractivity contribution in [3.05, 3.63) is 70.5 Å². The van der Waals surface area contributed by atoms with E-state index in [0.29, 0.717) is 18.7 Å². The maximum absolute atomic E-state index is 12.4. The normalized spacial score (nSPS) is 11.3. The van der Waals surface area contributed by atoms with Crippen LogP contribution < -0.4 is 5.32 Å². The molecular weight excluding hydrogens is 382 g/mol. The molecule has 1 amide bonds. The molecule has 4 aromatic rings. The van der Waals surface area contributed by atoms with Crippen LogP contribution in [0.1, 0.15) is 21.7 Å². The number of aryl methyl sites for hydroxylation is 1. The van der Waals surface area contributed by atoms with E-state index in [1.54, 1.807) is 10.6 Å². The first-order valence-electron chi connectivity index (χ1n) is 7.96. The van der Waals surface area contributed by atoms with Gasteiger partial charge in [0.2, 0.25) is 0 Å². The molecule has 0 radical (unpaired) electrons. The molecule has 4 rings (SSSR count). The molecule has 0 atom stereocenters. The quantitative estimate of drug-likeness (QED) is 0.575. The van der Waals surface area contributed by atoms with Crippen molar-refractivity contribution >= 4 is 33.1 Å². The van der Waals surface area contributed by atoms with E-state index < -0.39 is 0 Å². The third kappa shape index (κ3) is 3.02. The summed E-state index contributed by atoms with van der Waals surface area (Å²) >= 11 is 3.49. The molecule has 0 aliphatic rings. The zero-order valence-corrected chi connectivity index (χ0v) is 15.2. The van der Waals surface area contributed by atoms with Crippen LogP contribution in [0.5, 0.6) is 0 Å². The van der Waals surface area contributed by atoms with Gasteiger partial charge in [0.15, 0.2) is 0 Å². The molecule has 0 saturated heterocycles. The van der Waals surface area contributed by atoms with E-state index in [1.807, 2.05) is 54.2 Å². The molecule has 0 fully saturated rings. The van der Waals surface area contributed by atoms with E-state index in [9.17, 15) is 4.79 Å². The fourth-order valence-electron chi connectivity index (χ4n) is 2.89. The number of imidazole rings is 2. The third-order valence-electron chi connectivity index (χ3n) is 4.07. The number of amides is 1. The van der Waals surface area contributed by atoms with Crippen LogP contribution in [-0.2, 0) is 6.42 Å². The van der Waals surface area contributed by atoms with Gasteiger partial charge in [-0.1, -0.05) is 6.07 Å². The third-order valence-corrected chi connectivity index (χ3v) is 4.50. The second kappa shape index (κ2) is 6.33. The van der Waals surface area contributed by atoms with E-state index in [2.05, 4.69) is 31.2 Å². The van der Waals surface area contributed by atoms with Crippen LogP contribution >= 0.6 is 15.9 Å². The van der Waals surface area contributed by atoms with Gasteiger partial charge in [-0.05, 0) is 46.6 Å². The Morgan fingerprint density at radius 3 is 3.08 bits per heavy atom. The predicted molar refractivity (Wildman–Crippen MR) is 98.9 cm³/mol. The summed E-state index contributed by atoms with van der Waals surface area (Å²) in [6, 6.07) is 7.68. The van der Waals surface area contributed by atoms with Crippen LogP contribution in [0, 0.1) is 6.92 Å². The monoisotopic (exact) mass is 397 g/mol. The highest BCUT2D eigenvalue weighted by Gasteiger charge is 2.11. The summed E-state index contributed by atoms with van der Waals surface area (Å²) in [6.45, 7) is 2.55. The Kier molecular flexibility index (Phi) is 4.01. The molecule has 6 nitrogen and oxygen atoms in total. The van der Waals surface area contributed by atoms with Crippen molar-refractivity contribution in [3.63, 3.8) is 0 Å². The lowest BCUT2D eigenvalue weighted by Gasteiger charge is -2.03. The summed E-state index contributed by atoms with van der Waals surface area (Å²) in [5.41, 5.74) is 4.28. The number of nitrogens with zero attached hydrogens (tertiary/aromatic N) is 4. The summed E-state index contributed by atoms with van der Waals surface area (Å²) in [6.07, 6.45) is 8.07. The molecule has 25 heavy (non-hydrogen) atoms. The Morgan fingerprint density at radius 1 is 1.32 bits per heavy atom. The summed E-state index contributed by atoms with van der Waals surface area (Å²) in [4.78, 5) is 21.2. The molecule has 0 unspecified atom stereocenters. The minimum atomic E-state index is -0.138. The van der Waals surface area contributed by atoms with Gasteiger partial charge in [0.25, 0.3) is 5.91 Å². The first-order chi connectivity index (χ1) is 12.1. The number of aromatic nitrogens is 4. The second-order valence-electron chi connectivity index (χ2n) is 5.88. The molecule has 7 heteroatoms. The lowest BCUT2D eigenvalue weighted by atomic mass is 10.3. The summed E-state index contributed by atoms with van der Waals surface area (Å²) < 4.78 is 4.80. The molecule has 1 N–H and O–H groups in total. The lowest BCUT2D eigenvalue weighted by molar-refractivity contribution is 0.0948. The first-order valence-corrected chi connectivity index (χ1v) is 8.75. The van der Waals surface area contributed by atoms with E-state index >= 15 is 0 Å². The van der Waals surface area contributed by atoms with Crippen molar-refractivity contribution < 1.29 is 4.79 Å². The van der Waals surface area contributed by atoms with E-state index in [4.69, 9.17) is 0 Å². The van der Waals surface area contributed by atoms with Gasteiger partial charge < -0.3 is 9.72 Å². The van der Waals surface area contributed by atoms with Gasteiger partial charge in [-0.15, -0.1) is 0 Å². The number of halogens is 1. The zero-order chi connectivity index (χ0) is 17.4. The van der Waals surface area contributed by atoms with Crippen molar-refractivity contribution in [1.29, 1.82) is 0 Å². The number of carbonyl (C=O) groups is 1. The predicted octanol–water partition coefficient (Wildman–Crippen LogP) is 3.03. The fourth-order valence-corrected chi connectivity index (χ4v) is 3.46. The van der Waals surface area contributed by atoms with Gasteiger partial charge in [-0.3, -0.25) is 9.20 Å². The van der Waals surface area contributed by atoms with Crippen molar-refractivity contribution in [2.75, 3.05) is 6.54 Å². The van der Waals surface area contributed by atoms with Crippen LogP contribution in [-0.4, -0.2) is 31.2 Å². The number of hydrogen-bond donors (Lipinski definition) is 1. The Morgan fingerprint density at radius 2 is 2.20 bits per heavy atom. The fraction of sp³-hybridized carbons (Fsp3) is 0.167. The van der Waals surface area contributed by atoms with Crippen molar-refractivity contribution in [3.8, 4) is 0 Å². The summed E-state index contributed by atoms with van der Waals surface area (Å²) in [5.74, 6) is -0.138. The maximum atomic E-state index is 12.4. The first kappa shape index (κ1) is 15.8. The molecule has 0 aromatic carbocycles. The Labute approximate surface area is 152 Å². The molecular formula is C18H16BrN5O. The summed E-state index contributed by atoms with van der Waals surface area (Å²) in [5, 5.41) is 2.94. The number of pyridine rings is 2.